The molecule has 0 saturated carbocycles. The molecule has 130 valence electrons. The van der Waals surface area contributed by atoms with Crippen LogP contribution in [0.25, 0.3) is 0 Å². The molecule has 2 amide bonds. The molecule has 1 N–H and O–H groups in total. The van der Waals surface area contributed by atoms with Crippen molar-refractivity contribution in [2.75, 3.05) is 18.4 Å². The lowest BCUT2D eigenvalue weighted by molar-refractivity contribution is 0.0724. The normalized spacial score (nSPS) is 14.2. The predicted molar refractivity (Wildman–Crippen MR) is 101 cm³/mol. The van der Waals surface area contributed by atoms with Gasteiger partial charge in [0.15, 0.2) is 0 Å². The van der Waals surface area contributed by atoms with Crippen molar-refractivity contribution in [3.05, 3.63) is 63.6 Å². The number of benzene rings is 2. The number of carbonyl (C=O) groups is 2. The van der Waals surface area contributed by atoms with Gasteiger partial charge in [-0.2, -0.15) is 0 Å². The molecule has 1 aliphatic heterocycles. The number of likely N-dealkylation sites (tertiary alicyclic amines) is 1. The van der Waals surface area contributed by atoms with Crippen molar-refractivity contribution in [3.8, 4) is 0 Å². The van der Waals surface area contributed by atoms with Crippen LogP contribution in [-0.2, 0) is 0 Å². The summed E-state index contributed by atoms with van der Waals surface area (Å²) in [5.41, 5.74) is 1.67. The van der Waals surface area contributed by atoms with E-state index in [1.165, 1.54) is 12.5 Å². The summed E-state index contributed by atoms with van der Waals surface area (Å²) in [6, 6.07) is 11.6. The third kappa shape index (κ3) is 4.33. The SMILES string of the molecule is O=C(Nc1ccc(C(=O)N2CCCCC2)cc1)c1ccc(Cl)c(Cl)c1. The lowest BCUT2D eigenvalue weighted by atomic mass is 10.1. The van der Waals surface area contributed by atoms with Gasteiger partial charge in [0.05, 0.1) is 10.0 Å². The first-order chi connectivity index (χ1) is 12.0. The largest absolute Gasteiger partial charge is 0.339 e. The molecule has 0 unspecified atom stereocenters. The highest BCUT2D eigenvalue weighted by Crippen LogP contribution is 2.23. The third-order valence-electron chi connectivity index (χ3n) is 4.21. The first-order valence-corrected chi connectivity index (χ1v) is 8.96. The van der Waals surface area contributed by atoms with E-state index in [-0.39, 0.29) is 11.8 Å². The maximum absolute atomic E-state index is 12.4. The molecule has 0 aromatic heterocycles. The Kier molecular flexibility index (Phi) is 5.61. The van der Waals surface area contributed by atoms with E-state index in [0.29, 0.717) is 26.9 Å². The maximum Gasteiger partial charge on any atom is 0.255 e. The molecule has 0 atom stereocenters. The summed E-state index contributed by atoms with van der Waals surface area (Å²) < 4.78 is 0. The average molecular weight is 377 g/mol. The molecular formula is C19H18Cl2N2O2. The average Bonchev–Trinajstić information content (AvgIpc) is 2.64. The molecule has 0 radical (unpaired) electrons. The second-order valence-electron chi connectivity index (χ2n) is 6.01. The van der Waals surface area contributed by atoms with Gasteiger partial charge in [-0.3, -0.25) is 9.59 Å². The molecule has 25 heavy (non-hydrogen) atoms. The minimum absolute atomic E-state index is 0.0436. The van der Waals surface area contributed by atoms with Crippen LogP contribution in [0.2, 0.25) is 10.0 Å². The fraction of sp³-hybridized carbons (Fsp3) is 0.263. The van der Waals surface area contributed by atoms with E-state index in [4.69, 9.17) is 23.2 Å². The van der Waals surface area contributed by atoms with E-state index < -0.39 is 0 Å². The van der Waals surface area contributed by atoms with E-state index in [9.17, 15) is 9.59 Å². The summed E-state index contributed by atoms with van der Waals surface area (Å²) in [6.07, 6.45) is 3.30. The van der Waals surface area contributed by atoms with Crippen LogP contribution in [0.4, 0.5) is 5.69 Å². The van der Waals surface area contributed by atoms with Gasteiger partial charge >= 0.3 is 0 Å². The Bertz CT molecular complexity index is 785. The molecule has 4 nitrogen and oxygen atoms in total. The van der Waals surface area contributed by atoms with Crippen molar-refractivity contribution in [1.82, 2.24) is 4.90 Å². The quantitative estimate of drug-likeness (QED) is 0.830. The maximum atomic E-state index is 12.4. The summed E-state index contributed by atoms with van der Waals surface area (Å²) in [6.45, 7) is 1.63. The Morgan fingerprint density at radius 1 is 0.840 bits per heavy atom. The van der Waals surface area contributed by atoms with Crippen molar-refractivity contribution in [2.24, 2.45) is 0 Å². The van der Waals surface area contributed by atoms with Gasteiger partial charge in [0, 0.05) is 29.9 Å². The van der Waals surface area contributed by atoms with Crippen LogP contribution in [0.3, 0.4) is 0 Å². The first kappa shape index (κ1) is 17.8. The number of hydrogen-bond acceptors (Lipinski definition) is 2. The van der Waals surface area contributed by atoms with E-state index in [2.05, 4.69) is 5.32 Å². The second kappa shape index (κ2) is 7.89. The van der Waals surface area contributed by atoms with Gasteiger partial charge < -0.3 is 10.2 Å². The molecule has 0 spiro atoms. The van der Waals surface area contributed by atoms with Crippen LogP contribution in [0.5, 0.6) is 0 Å². The van der Waals surface area contributed by atoms with Gasteiger partial charge in [0.2, 0.25) is 0 Å². The van der Waals surface area contributed by atoms with E-state index in [1.54, 1.807) is 36.4 Å². The van der Waals surface area contributed by atoms with Crippen LogP contribution >= 0.6 is 23.2 Å². The summed E-state index contributed by atoms with van der Waals surface area (Å²) in [4.78, 5) is 26.6. The molecule has 0 bridgehead atoms. The molecule has 1 saturated heterocycles. The van der Waals surface area contributed by atoms with Crippen molar-refractivity contribution in [3.63, 3.8) is 0 Å². The molecule has 1 heterocycles. The number of hydrogen-bond donors (Lipinski definition) is 1. The molecule has 0 aliphatic carbocycles. The van der Waals surface area contributed by atoms with Gasteiger partial charge in [0.25, 0.3) is 11.8 Å². The zero-order chi connectivity index (χ0) is 17.8. The van der Waals surface area contributed by atoms with Crippen molar-refractivity contribution in [1.29, 1.82) is 0 Å². The highest BCUT2D eigenvalue weighted by atomic mass is 35.5. The molecule has 1 aliphatic rings. The molecule has 2 aromatic rings. The molecule has 1 fully saturated rings. The Morgan fingerprint density at radius 3 is 2.12 bits per heavy atom. The summed E-state index contributed by atoms with van der Waals surface area (Å²) in [5.74, 6) is -0.240. The number of carbonyl (C=O) groups excluding carboxylic acids is 2. The van der Waals surface area contributed by atoms with Gasteiger partial charge in [-0.15, -0.1) is 0 Å². The number of piperidine rings is 1. The van der Waals surface area contributed by atoms with Crippen LogP contribution in [0.1, 0.15) is 40.0 Å². The zero-order valence-electron chi connectivity index (χ0n) is 13.6. The summed E-state index contributed by atoms with van der Waals surface area (Å²) in [7, 11) is 0. The van der Waals surface area contributed by atoms with Crippen molar-refractivity contribution in [2.45, 2.75) is 19.3 Å². The van der Waals surface area contributed by atoms with E-state index in [0.717, 1.165) is 25.9 Å². The highest BCUT2D eigenvalue weighted by Gasteiger charge is 2.18. The van der Waals surface area contributed by atoms with E-state index in [1.807, 2.05) is 4.90 Å². The number of nitrogens with zero attached hydrogens (tertiary/aromatic N) is 1. The topological polar surface area (TPSA) is 49.4 Å². The van der Waals surface area contributed by atoms with Crippen LogP contribution in [0.15, 0.2) is 42.5 Å². The summed E-state index contributed by atoms with van der Waals surface area (Å²) in [5, 5.41) is 3.52. The number of halogens is 2. The molecule has 2 aromatic carbocycles. The minimum Gasteiger partial charge on any atom is -0.339 e. The monoisotopic (exact) mass is 376 g/mol. The van der Waals surface area contributed by atoms with Gasteiger partial charge in [0.1, 0.15) is 0 Å². The smallest absolute Gasteiger partial charge is 0.255 e. The molecular weight excluding hydrogens is 359 g/mol. The number of anilines is 1. The van der Waals surface area contributed by atoms with Crippen LogP contribution in [0, 0.1) is 0 Å². The standard InChI is InChI=1S/C19H18Cl2N2O2/c20-16-9-6-14(12-17(16)21)18(24)22-15-7-4-13(5-8-15)19(25)23-10-2-1-3-11-23/h4-9,12H,1-3,10-11H2,(H,22,24). The first-order valence-electron chi connectivity index (χ1n) is 8.20. The lowest BCUT2D eigenvalue weighted by Gasteiger charge is -2.26. The lowest BCUT2D eigenvalue weighted by Crippen LogP contribution is -2.35. The fourth-order valence-electron chi connectivity index (χ4n) is 2.82. The predicted octanol–water partition coefficient (Wildman–Crippen LogP) is 4.87. The van der Waals surface area contributed by atoms with Gasteiger partial charge in [-0.05, 0) is 61.7 Å². The van der Waals surface area contributed by atoms with Crippen molar-refractivity contribution >= 4 is 40.7 Å². The second-order valence-corrected chi connectivity index (χ2v) is 6.83. The Hall–Kier alpha value is -2.04. The van der Waals surface area contributed by atoms with Gasteiger partial charge in [-0.25, -0.2) is 0 Å². The fourth-order valence-corrected chi connectivity index (χ4v) is 3.11. The number of rotatable bonds is 3. The number of nitrogens with one attached hydrogen (secondary N) is 1. The Morgan fingerprint density at radius 2 is 1.48 bits per heavy atom. The molecule has 6 heteroatoms. The van der Waals surface area contributed by atoms with Crippen molar-refractivity contribution < 1.29 is 9.59 Å². The highest BCUT2D eigenvalue weighted by molar-refractivity contribution is 6.42. The van der Waals surface area contributed by atoms with Crippen LogP contribution < -0.4 is 5.32 Å². The third-order valence-corrected chi connectivity index (χ3v) is 4.95. The molecule has 3 rings (SSSR count). The van der Waals surface area contributed by atoms with Crippen LogP contribution in [-0.4, -0.2) is 29.8 Å². The van der Waals surface area contributed by atoms with E-state index >= 15 is 0 Å². The Balaban J connectivity index is 1.66. The Labute approximate surface area is 156 Å². The zero-order valence-corrected chi connectivity index (χ0v) is 15.1. The summed E-state index contributed by atoms with van der Waals surface area (Å²) >= 11 is 11.8. The van der Waals surface area contributed by atoms with Gasteiger partial charge in [-0.1, -0.05) is 23.2 Å². The minimum atomic E-state index is -0.284. The number of amides is 2.